The number of nitriles is 2. The molecule has 128 valence electrons. The first kappa shape index (κ1) is 18.3. The van der Waals surface area contributed by atoms with Crippen LogP contribution in [0.3, 0.4) is 0 Å². The van der Waals surface area contributed by atoms with Crippen LogP contribution in [0.4, 0.5) is 0 Å². The molecule has 0 amide bonds. The molecule has 1 N–H and O–H groups in total. The summed E-state index contributed by atoms with van der Waals surface area (Å²) >= 11 is 0. The summed E-state index contributed by atoms with van der Waals surface area (Å²) < 4.78 is 5.17. The van der Waals surface area contributed by atoms with Crippen molar-refractivity contribution in [2.24, 2.45) is 5.41 Å². The molecule has 5 nitrogen and oxygen atoms in total. The van der Waals surface area contributed by atoms with Crippen molar-refractivity contribution in [1.82, 2.24) is 0 Å². The molecule has 1 aromatic carbocycles. The van der Waals surface area contributed by atoms with Gasteiger partial charge in [0.1, 0.15) is 5.76 Å². The molecule has 5 heteroatoms. The Bertz CT molecular complexity index is 765. The number of aliphatic hydroxyl groups excluding tert-OH is 1. The quantitative estimate of drug-likeness (QED) is 0.646. The predicted molar refractivity (Wildman–Crippen MR) is 92.8 cm³/mol. The first-order chi connectivity index (χ1) is 12.0. The smallest absolute Gasteiger partial charge is 0.337 e. The van der Waals surface area contributed by atoms with Crippen molar-refractivity contribution in [2.75, 3.05) is 6.61 Å². The van der Waals surface area contributed by atoms with E-state index in [4.69, 9.17) is 4.74 Å². The Kier molecular flexibility index (Phi) is 5.98. The van der Waals surface area contributed by atoms with Crippen molar-refractivity contribution in [3.05, 3.63) is 52.8 Å². The number of esters is 1. The number of benzene rings is 1. The summed E-state index contributed by atoms with van der Waals surface area (Å²) in [7, 11) is 0. The van der Waals surface area contributed by atoms with Gasteiger partial charge in [-0.2, -0.15) is 10.5 Å². The van der Waals surface area contributed by atoms with Crippen molar-refractivity contribution in [3.63, 3.8) is 0 Å². The Morgan fingerprint density at radius 3 is 2.56 bits per heavy atom. The number of nitrogens with zero attached hydrogens (tertiary/aromatic N) is 2. The molecule has 0 saturated heterocycles. The molecule has 1 aromatic rings. The maximum absolute atomic E-state index is 12.3. The van der Waals surface area contributed by atoms with Gasteiger partial charge in [-0.25, -0.2) is 4.79 Å². The summed E-state index contributed by atoms with van der Waals surface area (Å²) in [5, 5.41) is 29.5. The minimum atomic E-state index is -1.38. The molecule has 25 heavy (non-hydrogen) atoms. The Morgan fingerprint density at radius 1 is 1.28 bits per heavy atom. The van der Waals surface area contributed by atoms with Gasteiger partial charge in [0.15, 0.2) is 5.41 Å². The highest BCUT2D eigenvalue weighted by molar-refractivity contribution is 5.91. The lowest BCUT2D eigenvalue weighted by Crippen LogP contribution is -2.28. The molecule has 0 heterocycles. The summed E-state index contributed by atoms with van der Waals surface area (Å²) in [6.07, 6.45) is 3.21. The lowest BCUT2D eigenvalue weighted by Gasteiger charge is -2.27. The molecule has 0 saturated carbocycles. The second kappa shape index (κ2) is 8.17. The summed E-state index contributed by atoms with van der Waals surface area (Å²) in [4.78, 5) is 12.3. The van der Waals surface area contributed by atoms with Crippen LogP contribution in [0.5, 0.6) is 0 Å². The minimum Gasteiger partial charge on any atom is -0.507 e. The topological polar surface area (TPSA) is 94.1 Å². The summed E-state index contributed by atoms with van der Waals surface area (Å²) in [5.41, 5.74) is -0.184. The molecule has 0 unspecified atom stereocenters. The molecule has 0 radical (unpaired) electrons. The molecular weight excluding hydrogens is 316 g/mol. The van der Waals surface area contributed by atoms with Crippen LogP contribution in [0.1, 0.15) is 38.2 Å². The van der Waals surface area contributed by atoms with E-state index in [-0.39, 0.29) is 30.8 Å². The number of allylic oxidation sites excluding steroid dienone is 1. The molecule has 1 aliphatic rings. The Morgan fingerprint density at radius 2 is 1.96 bits per heavy atom. The number of aliphatic hydroxyl groups is 1. The van der Waals surface area contributed by atoms with E-state index in [0.29, 0.717) is 12.0 Å². The molecule has 1 aliphatic carbocycles. The second-order valence-corrected chi connectivity index (χ2v) is 6.06. The highest BCUT2D eigenvalue weighted by Gasteiger charge is 2.41. The van der Waals surface area contributed by atoms with E-state index in [1.165, 1.54) is 0 Å². The molecule has 0 fully saturated rings. The number of carbonyl (C=O) groups is 1. The van der Waals surface area contributed by atoms with E-state index in [1.807, 2.05) is 49.4 Å². The van der Waals surface area contributed by atoms with Crippen molar-refractivity contribution in [2.45, 2.75) is 32.6 Å². The normalized spacial score (nSPS) is 17.6. The Hall–Kier alpha value is -3.05. The first-order valence-electron chi connectivity index (χ1n) is 8.23. The largest absolute Gasteiger partial charge is 0.507 e. The van der Waals surface area contributed by atoms with Gasteiger partial charge in [-0.1, -0.05) is 43.7 Å². The van der Waals surface area contributed by atoms with Crippen LogP contribution in [0.15, 0.2) is 47.2 Å². The number of unbranched alkanes of at least 4 members (excludes halogenated alkanes) is 1. The molecule has 0 atom stereocenters. The van der Waals surface area contributed by atoms with Crippen molar-refractivity contribution in [1.29, 1.82) is 10.5 Å². The van der Waals surface area contributed by atoms with E-state index in [1.54, 1.807) is 6.08 Å². The summed E-state index contributed by atoms with van der Waals surface area (Å²) in [6.45, 7) is 2.22. The third-order valence-electron chi connectivity index (χ3n) is 4.11. The SMILES string of the molecule is CCCCOC(=O)C1=C(O)/C(=C/c2ccccc2)CC(C#N)(C#N)C1. The third kappa shape index (κ3) is 4.28. The van der Waals surface area contributed by atoms with Crippen LogP contribution < -0.4 is 0 Å². The van der Waals surface area contributed by atoms with E-state index in [0.717, 1.165) is 12.0 Å². The standard InChI is InChI=1S/C20H20N2O3/c1-2-3-9-25-19(24)17-12-20(13-21,14-22)11-16(18(17)23)10-15-7-5-4-6-8-15/h4-8,10,23H,2-3,9,11-12H2,1H3/b16-10+. The summed E-state index contributed by atoms with van der Waals surface area (Å²) in [5.74, 6) is -0.856. The minimum absolute atomic E-state index is 0.00682. The monoisotopic (exact) mass is 336 g/mol. The fourth-order valence-electron chi connectivity index (χ4n) is 2.67. The zero-order chi connectivity index (χ0) is 18.3. The maximum Gasteiger partial charge on any atom is 0.337 e. The van der Waals surface area contributed by atoms with Gasteiger partial charge in [-0.15, -0.1) is 0 Å². The lowest BCUT2D eigenvalue weighted by atomic mass is 9.73. The molecule has 2 rings (SSSR count). The van der Waals surface area contributed by atoms with Gasteiger partial charge in [0.25, 0.3) is 0 Å². The average molecular weight is 336 g/mol. The van der Waals surface area contributed by atoms with Gasteiger partial charge in [0.05, 0.1) is 24.3 Å². The van der Waals surface area contributed by atoms with Gasteiger partial charge in [-0.05, 0) is 23.6 Å². The van der Waals surface area contributed by atoms with Gasteiger partial charge in [0, 0.05) is 12.8 Å². The number of ether oxygens (including phenoxy) is 1. The van der Waals surface area contributed by atoms with E-state index in [2.05, 4.69) is 0 Å². The van der Waals surface area contributed by atoms with Crippen molar-refractivity contribution < 1.29 is 14.6 Å². The van der Waals surface area contributed by atoms with Gasteiger partial charge in [-0.3, -0.25) is 0 Å². The predicted octanol–water partition coefficient (Wildman–Crippen LogP) is 4.05. The maximum atomic E-state index is 12.3. The third-order valence-corrected chi connectivity index (χ3v) is 4.11. The van der Waals surface area contributed by atoms with E-state index in [9.17, 15) is 20.4 Å². The highest BCUT2D eigenvalue weighted by Crippen LogP contribution is 2.42. The molecular formula is C20H20N2O3. The molecule has 0 aromatic heterocycles. The molecule has 0 aliphatic heterocycles. The number of hydrogen-bond acceptors (Lipinski definition) is 5. The van der Waals surface area contributed by atoms with Gasteiger partial charge >= 0.3 is 5.97 Å². The second-order valence-electron chi connectivity index (χ2n) is 6.06. The zero-order valence-electron chi connectivity index (χ0n) is 14.2. The fraction of sp³-hybridized carbons (Fsp3) is 0.350. The first-order valence-corrected chi connectivity index (χ1v) is 8.23. The fourth-order valence-corrected chi connectivity index (χ4v) is 2.67. The van der Waals surface area contributed by atoms with Crippen LogP contribution >= 0.6 is 0 Å². The van der Waals surface area contributed by atoms with E-state index < -0.39 is 11.4 Å². The van der Waals surface area contributed by atoms with Crippen LogP contribution in [0, 0.1) is 28.1 Å². The Balaban J connectivity index is 2.42. The lowest BCUT2D eigenvalue weighted by molar-refractivity contribution is -0.139. The zero-order valence-corrected chi connectivity index (χ0v) is 14.2. The van der Waals surface area contributed by atoms with Crippen LogP contribution in [-0.2, 0) is 9.53 Å². The number of carbonyl (C=O) groups excluding carboxylic acids is 1. The molecule has 0 bridgehead atoms. The van der Waals surface area contributed by atoms with Crippen molar-refractivity contribution in [3.8, 4) is 12.1 Å². The molecule has 0 spiro atoms. The van der Waals surface area contributed by atoms with Crippen molar-refractivity contribution >= 4 is 12.0 Å². The van der Waals surface area contributed by atoms with Crippen LogP contribution in [0.25, 0.3) is 6.08 Å². The highest BCUT2D eigenvalue weighted by atomic mass is 16.5. The van der Waals surface area contributed by atoms with Crippen LogP contribution in [-0.4, -0.2) is 17.7 Å². The summed E-state index contributed by atoms with van der Waals surface area (Å²) in [6, 6.07) is 13.2. The average Bonchev–Trinajstić information content (AvgIpc) is 2.64. The van der Waals surface area contributed by atoms with E-state index >= 15 is 0 Å². The van der Waals surface area contributed by atoms with Gasteiger partial charge in [0.2, 0.25) is 0 Å². The number of hydrogen-bond donors (Lipinski definition) is 1. The van der Waals surface area contributed by atoms with Gasteiger partial charge < -0.3 is 9.84 Å². The van der Waals surface area contributed by atoms with Crippen LogP contribution in [0.2, 0.25) is 0 Å². The number of rotatable bonds is 5. The Labute approximate surface area is 147 Å².